The van der Waals surface area contributed by atoms with E-state index in [-0.39, 0.29) is 0 Å². The quantitative estimate of drug-likeness (QED) is 0.140. The zero-order chi connectivity index (χ0) is 51.3. The zero-order valence-electron chi connectivity index (χ0n) is 42.3. The predicted molar refractivity (Wildman–Crippen MR) is 333 cm³/mol. The minimum absolute atomic E-state index is 1.13. The largest absolute Gasteiger partial charge is 0.309 e. The fourth-order valence-electron chi connectivity index (χ4n) is 12.7. The maximum Gasteiger partial charge on any atom is 0.0618 e. The van der Waals surface area contributed by atoms with Gasteiger partial charge < -0.3 is 9.80 Å². The van der Waals surface area contributed by atoms with E-state index in [1.54, 1.807) is 0 Å². The number of rotatable bonds is 8. The summed E-state index contributed by atoms with van der Waals surface area (Å²) in [5, 5.41) is 12.5. The number of nitrogens with zero attached hydrogens (tertiary/aromatic N) is 2. The van der Waals surface area contributed by atoms with Gasteiger partial charge in [0, 0.05) is 74.6 Å². The van der Waals surface area contributed by atoms with Gasteiger partial charge in [-0.3, -0.25) is 0 Å². The minimum Gasteiger partial charge on any atom is -0.309 e. The van der Waals surface area contributed by atoms with E-state index < -0.39 is 0 Å². The van der Waals surface area contributed by atoms with Gasteiger partial charge in [-0.15, -0.1) is 0 Å². The lowest BCUT2D eigenvalue weighted by molar-refractivity contribution is 1.31. The third-order valence-electron chi connectivity index (χ3n) is 16.0. The van der Waals surface area contributed by atoms with Gasteiger partial charge in [0.05, 0.1) is 11.4 Å². The lowest BCUT2D eigenvalue weighted by atomic mass is 9.87. The molecule has 0 aromatic heterocycles. The van der Waals surface area contributed by atoms with Gasteiger partial charge in [-0.1, -0.05) is 230 Å². The molecule has 2 nitrogen and oxygen atoms in total. The average molecular weight is 1030 g/mol. The summed E-state index contributed by atoms with van der Waals surface area (Å²) in [5.41, 5.74) is 17.0. The fourth-order valence-corrected chi connectivity index (χ4v) is 15.0. The van der Waals surface area contributed by atoms with E-state index in [4.69, 9.17) is 0 Å². The number of para-hydroxylation sites is 4. The van der Waals surface area contributed by atoms with E-state index in [9.17, 15) is 0 Å². The Hall–Kier alpha value is -9.32. The number of anilines is 6. The van der Waals surface area contributed by atoms with Gasteiger partial charge >= 0.3 is 0 Å². The highest BCUT2D eigenvalue weighted by molar-refractivity contribution is 8.00. The van der Waals surface area contributed by atoms with E-state index >= 15 is 0 Å². The van der Waals surface area contributed by atoms with Gasteiger partial charge in [0.25, 0.3) is 0 Å². The van der Waals surface area contributed by atoms with Crippen LogP contribution in [0, 0.1) is 0 Å². The minimum atomic E-state index is 1.13. The summed E-state index contributed by atoms with van der Waals surface area (Å²) < 4.78 is 0. The molecule has 0 spiro atoms. The predicted octanol–water partition coefficient (Wildman–Crippen LogP) is 22.0. The van der Waals surface area contributed by atoms with E-state index in [1.807, 2.05) is 23.5 Å². The van der Waals surface area contributed by atoms with E-state index in [1.165, 1.54) is 129 Å². The smallest absolute Gasteiger partial charge is 0.0618 e. The van der Waals surface area contributed by atoms with Crippen molar-refractivity contribution in [2.24, 2.45) is 0 Å². The Balaban J connectivity index is 0.813. The van der Waals surface area contributed by atoms with Crippen LogP contribution in [0.1, 0.15) is 0 Å². The number of hydrogen-bond donors (Lipinski definition) is 0. The molecule has 0 saturated carbocycles. The Labute approximate surface area is 461 Å². The monoisotopic (exact) mass is 1030 g/mol. The van der Waals surface area contributed by atoms with Crippen molar-refractivity contribution in [1.82, 2.24) is 0 Å². The first-order valence-corrected chi connectivity index (χ1v) is 28.3. The van der Waals surface area contributed by atoms with Gasteiger partial charge in [0.15, 0.2) is 0 Å². The van der Waals surface area contributed by atoms with Gasteiger partial charge in [-0.2, -0.15) is 0 Å². The molecular weight excluding hydrogens is 981 g/mol. The summed E-state index contributed by atoms with van der Waals surface area (Å²) >= 11 is 3.82. The summed E-state index contributed by atoms with van der Waals surface area (Å²) in [4.78, 5) is 10.0. The van der Waals surface area contributed by atoms with Crippen molar-refractivity contribution < 1.29 is 0 Å². The molecule has 2 aliphatic heterocycles. The molecule has 0 fully saturated rings. The van der Waals surface area contributed by atoms with Crippen LogP contribution >= 0.6 is 23.5 Å². The van der Waals surface area contributed by atoms with E-state index in [2.05, 4.69) is 289 Å². The molecule has 0 radical (unpaired) electrons. The highest BCUT2D eigenvalue weighted by Crippen LogP contribution is 2.58. The van der Waals surface area contributed by atoms with E-state index in [0.29, 0.717) is 0 Å². The van der Waals surface area contributed by atoms with Crippen molar-refractivity contribution in [3.8, 4) is 44.5 Å². The second-order valence-corrected chi connectivity index (χ2v) is 22.4. The van der Waals surface area contributed by atoms with Crippen LogP contribution in [0.15, 0.2) is 299 Å². The first-order valence-electron chi connectivity index (χ1n) is 26.7. The van der Waals surface area contributed by atoms with E-state index in [0.717, 1.165) is 22.7 Å². The van der Waals surface area contributed by atoms with Crippen molar-refractivity contribution in [3.05, 3.63) is 279 Å². The van der Waals surface area contributed by atoms with Crippen LogP contribution < -0.4 is 9.80 Å². The van der Waals surface area contributed by atoms with Crippen LogP contribution in [0.3, 0.4) is 0 Å². The molecule has 364 valence electrons. The second kappa shape index (κ2) is 18.2. The molecule has 0 saturated heterocycles. The molecule has 14 aromatic carbocycles. The summed E-state index contributed by atoms with van der Waals surface area (Å²) in [6.07, 6.45) is 0. The molecule has 0 atom stereocenters. The Morgan fingerprint density at radius 2 is 0.487 bits per heavy atom. The third-order valence-corrected chi connectivity index (χ3v) is 18.2. The van der Waals surface area contributed by atoms with Crippen molar-refractivity contribution in [2.45, 2.75) is 19.6 Å². The van der Waals surface area contributed by atoms with Crippen LogP contribution in [0.25, 0.3) is 98.4 Å². The van der Waals surface area contributed by atoms with Crippen molar-refractivity contribution in [2.75, 3.05) is 9.80 Å². The highest BCUT2D eigenvalue weighted by Gasteiger charge is 2.30. The number of hydrogen-bond acceptors (Lipinski definition) is 4. The molecule has 78 heavy (non-hydrogen) atoms. The van der Waals surface area contributed by atoms with Gasteiger partial charge in [-0.05, 0) is 139 Å². The number of benzene rings is 14. The SMILES string of the molecule is c1ccc(N(c2ccccc2)c2c3ccccc3c(-c3ccc4c(c3)Sc3ccc5c6c(ccc-4c36)-c3ccc(-c4c6ccccc6c(N(c6ccccc6)c6ccccc6)c6ccccc46)cc3S5)c3ccccc23)cc1. The average Bonchev–Trinajstić information content (AvgIpc) is 3.38. The third kappa shape index (κ3) is 7.00. The first kappa shape index (κ1) is 44.9. The maximum atomic E-state index is 2.45. The molecule has 16 rings (SSSR count). The zero-order valence-corrected chi connectivity index (χ0v) is 43.9. The Bertz CT molecular complexity index is 4240. The number of fused-ring (bicyclic) bond motifs is 8. The first-order chi connectivity index (χ1) is 38.7. The molecule has 0 bridgehead atoms. The summed E-state index contributed by atoms with van der Waals surface area (Å²) in [7, 11) is 0. The molecule has 0 N–H and O–H groups in total. The molecule has 4 heteroatoms. The van der Waals surface area contributed by atoms with Crippen molar-refractivity contribution in [3.63, 3.8) is 0 Å². The maximum absolute atomic E-state index is 2.45. The van der Waals surface area contributed by atoms with Crippen LogP contribution in [-0.2, 0) is 0 Å². The van der Waals surface area contributed by atoms with Gasteiger partial charge in [-0.25, -0.2) is 0 Å². The Kier molecular flexibility index (Phi) is 10.5. The summed E-state index contributed by atoms with van der Waals surface area (Å²) in [6.45, 7) is 0. The summed E-state index contributed by atoms with van der Waals surface area (Å²) in [6, 6.07) is 103. The molecule has 2 heterocycles. The normalized spacial score (nSPS) is 12.3. The standard InChI is InChI=1S/C74H46N2S2/c1-5-21-49(22-6-1)75(50-23-7-2-8-24-50)73-61-33-17-13-29-55(61)69(56-30-14-18-34-62(56)73)47-37-39-53-59-41-42-60-54-40-38-48(46-68(54)78-66-44-43-65(71(59)72(60)66)77-67(53)45-47)70-57-31-15-19-35-63(57)74(64-36-20-16-32-58(64)70)76(51-25-9-3-10-26-51)52-27-11-4-12-28-52/h1-46H. The topological polar surface area (TPSA) is 6.48 Å². The van der Waals surface area contributed by atoms with Crippen molar-refractivity contribution >= 4 is 112 Å². The Morgan fingerprint density at radius 1 is 0.218 bits per heavy atom. The lowest BCUT2D eigenvalue weighted by Crippen LogP contribution is -2.11. The highest BCUT2D eigenvalue weighted by atomic mass is 32.2. The van der Waals surface area contributed by atoms with Crippen LogP contribution in [0.4, 0.5) is 34.1 Å². The molecule has 0 unspecified atom stereocenters. The van der Waals surface area contributed by atoms with Crippen molar-refractivity contribution in [1.29, 1.82) is 0 Å². The molecule has 14 aromatic rings. The van der Waals surface area contributed by atoms with Crippen LogP contribution in [0.2, 0.25) is 0 Å². The Morgan fingerprint density at radius 3 is 0.795 bits per heavy atom. The molecule has 2 aliphatic rings. The van der Waals surface area contributed by atoms with Crippen LogP contribution in [-0.4, -0.2) is 0 Å². The second-order valence-electron chi connectivity index (χ2n) is 20.2. The molecule has 0 aliphatic carbocycles. The lowest BCUT2D eigenvalue weighted by Gasteiger charge is -2.30. The fraction of sp³-hybridized carbons (Fsp3) is 0. The van der Waals surface area contributed by atoms with Gasteiger partial charge in [0.1, 0.15) is 0 Å². The van der Waals surface area contributed by atoms with Crippen LogP contribution in [0.5, 0.6) is 0 Å². The molecular formula is C74H46N2S2. The van der Waals surface area contributed by atoms with Gasteiger partial charge in [0.2, 0.25) is 0 Å². The summed E-state index contributed by atoms with van der Waals surface area (Å²) in [5.74, 6) is 0. The molecule has 0 amide bonds.